The summed E-state index contributed by atoms with van der Waals surface area (Å²) in [5, 5.41) is 0. The number of rotatable bonds is 1. The molecule has 9 heteroatoms. The number of hydrogen-bond donors (Lipinski definition) is 0. The fraction of sp³-hybridized carbons (Fsp3) is 0.632. The van der Waals surface area contributed by atoms with Crippen LogP contribution in [0.15, 0.2) is 12.3 Å². The number of nitrogens with zero attached hydrogens (tertiary/aromatic N) is 3. The molecule has 28 heavy (non-hydrogen) atoms. The summed E-state index contributed by atoms with van der Waals surface area (Å²) >= 11 is 0. The Morgan fingerprint density at radius 3 is 2.71 bits per heavy atom. The van der Waals surface area contributed by atoms with Crippen LogP contribution in [0.1, 0.15) is 27.2 Å². The van der Waals surface area contributed by atoms with Crippen molar-refractivity contribution in [2.45, 2.75) is 38.9 Å². The second kappa shape index (κ2) is 7.03. The Balaban J connectivity index is 1.43. The average Bonchev–Trinajstić information content (AvgIpc) is 2.65. The van der Waals surface area contributed by atoms with E-state index in [2.05, 4.69) is 4.98 Å². The van der Waals surface area contributed by atoms with Gasteiger partial charge in [-0.05, 0) is 27.2 Å². The number of carbonyl (C=O) groups is 2. The average molecular weight is 391 g/mol. The van der Waals surface area contributed by atoms with Crippen LogP contribution in [0.5, 0.6) is 11.5 Å². The number of aromatic nitrogens is 1. The summed E-state index contributed by atoms with van der Waals surface area (Å²) in [6.45, 7) is 7.83. The first-order valence-corrected chi connectivity index (χ1v) is 9.52. The molecular formula is C19H25N3O6. The van der Waals surface area contributed by atoms with Crippen molar-refractivity contribution in [1.29, 1.82) is 0 Å². The minimum absolute atomic E-state index is 0.117. The van der Waals surface area contributed by atoms with E-state index in [0.717, 1.165) is 6.42 Å². The molecule has 2 fully saturated rings. The van der Waals surface area contributed by atoms with Gasteiger partial charge < -0.3 is 23.8 Å². The molecular weight excluding hydrogens is 366 g/mol. The lowest BCUT2D eigenvalue weighted by atomic mass is 9.92. The van der Waals surface area contributed by atoms with Crippen LogP contribution >= 0.6 is 0 Å². The molecule has 0 radical (unpaired) electrons. The van der Waals surface area contributed by atoms with E-state index in [1.807, 2.05) is 20.8 Å². The van der Waals surface area contributed by atoms with Crippen LogP contribution in [-0.4, -0.2) is 66.6 Å². The van der Waals surface area contributed by atoms with Gasteiger partial charge in [0.15, 0.2) is 11.5 Å². The number of amides is 2. The van der Waals surface area contributed by atoms with Crippen molar-refractivity contribution < 1.29 is 28.5 Å². The van der Waals surface area contributed by atoms with E-state index in [1.165, 1.54) is 4.90 Å². The zero-order chi connectivity index (χ0) is 19.9. The minimum atomic E-state index is -0.558. The van der Waals surface area contributed by atoms with Gasteiger partial charge in [0, 0.05) is 25.1 Å². The Hall–Kier alpha value is -2.71. The lowest BCUT2D eigenvalue weighted by Crippen LogP contribution is -2.57. The number of likely N-dealkylation sites (tertiary alicyclic amines) is 1. The SMILES string of the molecule is CC(C)(C)OC(=O)N1CC[C@@H]2CN(c3cc4c(cn3)OCCO4)C(=O)O[C@H]2C1. The molecule has 0 aromatic carbocycles. The smallest absolute Gasteiger partial charge is 0.415 e. The van der Waals surface area contributed by atoms with Crippen molar-refractivity contribution in [2.24, 2.45) is 5.92 Å². The minimum Gasteiger partial charge on any atom is -0.486 e. The van der Waals surface area contributed by atoms with Crippen molar-refractivity contribution in [3.05, 3.63) is 12.3 Å². The molecule has 0 aliphatic carbocycles. The van der Waals surface area contributed by atoms with E-state index in [4.69, 9.17) is 18.9 Å². The highest BCUT2D eigenvalue weighted by Gasteiger charge is 2.42. The summed E-state index contributed by atoms with van der Waals surface area (Å²) in [7, 11) is 0. The van der Waals surface area contributed by atoms with E-state index in [-0.39, 0.29) is 18.1 Å². The standard InChI is InChI=1S/C19H25N3O6/c1-19(2,3)28-17(23)21-5-4-12-10-22(18(24)27-15(12)11-21)16-8-13-14(9-20-16)26-7-6-25-13/h8-9,12,15H,4-7,10-11H2,1-3H3/t12-,15+/m1/s1. The molecule has 2 amide bonds. The van der Waals surface area contributed by atoms with Crippen LogP contribution in [-0.2, 0) is 9.47 Å². The van der Waals surface area contributed by atoms with Gasteiger partial charge in [0.25, 0.3) is 0 Å². The van der Waals surface area contributed by atoms with Gasteiger partial charge in [-0.15, -0.1) is 0 Å². The van der Waals surface area contributed by atoms with Gasteiger partial charge in [-0.25, -0.2) is 14.6 Å². The number of piperidine rings is 1. The summed E-state index contributed by atoms with van der Waals surface area (Å²) in [4.78, 5) is 32.3. The highest BCUT2D eigenvalue weighted by Crippen LogP contribution is 2.35. The zero-order valence-electron chi connectivity index (χ0n) is 16.3. The molecule has 4 heterocycles. The largest absolute Gasteiger partial charge is 0.486 e. The molecule has 2 atom stereocenters. The highest BCUT2D eigenvalue weighted by molar-refractivity contribution is 5.87. The summed E-state index contributed by atoms with van der Waals surface area (Å²) in [6.07, 6.45) is 1.09. The maximum atomic E-state index is 12.6. The first-order valence-electron chi connectivity index (χ1n) is 9.52. The molecule has 3 aliphatic heterocycles. The molecule has 2 saturated heterocycles. The van der Waals surface area contributed by atoms with Crippen molar-refractivity contribution in [2.75, 3.05) is 37.7 Å². The summed E-state index contributed by atoms with van der Waals surface area (Å²) in [5.74, 6) is 1.74. The Labute approximate surface area is 163 Å². The van der Waals surface area contributed by atoms with Crippen LogP contribution < -0.4 is 14.4 Å². The number of pyridine rings is 1. The van der Waals surface area contributed by atoms with Crippen LogP contribution in [0.3, 0.4) is 0 Å². The molecule has 0 spiro atoms. The molecule has 1 aromatic rings. The maximum absolute atomic E-state index is 12.6. The third kappa shape index (κ3) is 3.79. The Morgan fingerprint density at radius 2 is 1.96 bits per heavy atom. The molecule has 0 unspecified atom stereocenters. The number of carbonyl (C=O) groups excluding carboxylic acids is 2. The predicted octanol–water partition coefficient (Wildman–Crippen LogP) is 2.44. The second-order valence-corrected chi connectivity index (χ2v) is 8.19. The van der Waals surface area contributed by atoms with Gasteiger partial charge in [-0.1, -0.05) is 0 Å². The van der Waals surface area contributed by atoms with E-state index < -0.39 is 11.7 Å². The Kier molecular flexibility index (Phi) is 4.68. The number of anilines is 1. The van der Waals surface area contributed by atoms with Crippen molar-refractivity contribution >= 4 is 18.0 Å². The Bertz CT molecular complexity index is 777. The van der Waals surface area contributed by atoms with E-state index in [0.29, 0.717) is 50.2 Å². The molecule has 152 valence electrons. The van der Waals surface area contributed by atoms with E-state index in [9.17, 15) is 9.59 Å². The van der Waals surface area contributed by atoms with Crippen molar-refractivity contribution in [1.82, 2.24) is 9.88 Å². The number of hydrogen-bond acceptors (Lipinski definition) is 7. The van der Waals surface area contributed by atoms with Gasteiger partial charge in [-0.2, -0.15) is 0 Å². The van der Waals surface area contributed by atoms with Gasteiger partial charge in [0.2, 0.25) is 0 Å². The van der Waals surface area contributed by atoms with Crippen LogP contribution in [0.4, 0.5) is 15.4 Å². The molecule has 0 N–H and O–H groups in total. The normalized spacial score (nSPS) is 24.3. The fourth-order valence-corrected chi connectivity index (χ4v) is 3.58. The highest BCUT2D eigenvalue weighted by atomic mass is 16.6. The van der Waals surface area contributed by atoms with E-state index in [1.54, 1.807) is 17.2 Å². The molecule has 9 nitrogen and oxygen atoms in total. The quantitative estimate of drug-likeness (QED) is 0.726. The predicted molar refractivity (Wildman–Crippen MR) is 98.8 cm³/mol. The first-order chi connectivity index (χ1) is 13.3. The van der Waals surface area contributed by atoms with Gasteiger partial charge in [0.1, 0.15) is 30.7 Å². The second-order valence-electron chi connectivity index (χ2n) is 8.19. The first kappa shape index (κ1) is 18.6. The van der Waals surface area contributed by atoms with Gasteiger partial charge >= 0.3 is 12.2 Å². The number of fused-ring (bicyclic) bond motifs is 2. The van der Waals surface area contributed by atoms with Crippen LogP contribution in [0, 0.1) is 5.92 Å². The monoisotopic (exact) mass is 391 g/mol. The lowest BCUT2D eigenvalue weighted by molar-refractivity contribution is -0.0254. The molecule has 3 aliphatic rings. The number of ether oxygens (including phenoxy) is 4. The topological polar surface area (TPSA) is 90.4 Å². The van der Waals surface area contributed by atoms with Crippen LogP contribution in [0.25, 0.3) is 0 Å². The molecule has 1 aromatic heterocycles. The third-order valence-electron chi connectivity index (χ3n) is 4.93. The van der Waals surface area contributed by atoms with Crippen LogP contribution in [0.2, 0.25) is 0 Å². The molecule has 4 rings (SSSR count). The lowest BCUT2D eigenvalue weighted by Gasteiger charge is -2.43. The summed E-state index contributed by atoms with van der Waals surface area (Å²) in [5.41, 5.74) is -0.558. The third-order valence-corrected chi connectivity index (χ3v) is 4.93. The molecule has 0 saturated carbocycles. The summed E-state index contributed by atoms with van der Waals surface area (Å²) in [6, 6.07) is 1.70. The summed E-state index contributed by atoms with van der Waals surface area (Å²) < 4.78 is 22.1. The fourth-order valence-electron chi connectivity index (χ4n) is 3.58. The van der Waals surface area contributed by atoms with Gasteiger partial charge in [-0.3, -0.25) is 4.90 Å². The van der Waals surface area contributed by atoms with E-state index >= 15 is 0 Å². The van der Waals surface area contributed by atoms with Crippen molar-refractivity contribution in [3.63, 3.8) is 0 Å². The Morgan fingerprint density at radius 1 is 1.21 bits per heavy atom. The zero-order valence-corrected chi connectivity index (χ0v) is 16.3. The maximum Gasteiger partial charge on any atom is 0.415 e. The van der Waals surface area contributed by atoms with Crippen molar-refractivity contribution in [3.8, 4) is 11.5 Å². The molecule has 0 bridgehead atoms. The van der Waals surface area contributed by atoms with Gasteiger partial charge in [0.05, 0.1) is 12.7 Å².